The first kappa shape index (κ1) is 15.1. The van der Waals surface area contributed by atoms with Crippen LogP contribution in [0.25, 0.3) is 0 Å². The fraction of sp³-hybridized carbons (Fsp3) is 0.385. The second kappa shape index (κ2) is 6.45. The van der Waals surface area contributed by atoms with Gasteiger partial charge in [-0.1, -0.05) is 32.7 Å². The molecule has 2 rings (SSSR count). The Morgan fingerprint density at radius 3 is 2.95 bits per heavy atom. The third kappa shape index (κ3) is 3.24. The van der Waals surface area contributed by atoms with E-state index in [1.54, 1.807) is 23.1 Å². The lowest BCUT2D eigenvalue weighted by Gasteiger charge is -2.32. The molecule has 0 aromatic heterocycles. The molecular weight excluding hydrogens is 346 g/mol. The van der Waals surface area contributed by atoms with Crippen LogP contribution in [0.15, 0.2) is 27.8 Å². The minimum Gasteiger partial charge on any atom is -0.409 e. The quantitative estimate of drug-likeness (QED) is 0.368. The fourth-order valence-corrected chi connectivity index (χ4v) is 3.07. The summed E-state index contributed by atoms with van der Waals surface area (Å²) in [7, 11) is 0. The van der Waals surface area contributed by atoms with Gasteiger partial charge in [0.2, 0.25) is 0 Å². The van der Waals surface area contributed by atoms with Gasteiger partial charge in [-0.2, -0.15) is 0 Å². The van der Waals surface area contributed by atoms with Crippen molar-refractivity contribution in [2.75, 3.05) is 13.1 Å². The number of rotatable bonds is 2. The molecule has 1 unspecified atom stereocenters. The summed E-state index contributed by atoms with van der Waals surface area (Å²) in [6.45, 7) is 1.10. The first-order valence-electron chi connectivity index (χ1n) is 6.24. The van der Waals surface area contributed by atoms with E-state index in [1.165, 1.54) is 0 Å². The Hall–Kier alpha value is -1.27. The summed E-state index contributed by atoms with van der Waals surface area (Å²) in [5.74, 6) is -0.0609. The highest BCUT2D eigenvalue weighted by atomic mass is 79.9. The normalized spacial score (nSPS) is 20.0. The van der Waals surface area contributed by atoms with Gasteiger partial charge < -0.3 is 15.8 Å². The van der Waals surface area contributed by atoms with Crippen molar-refractivity contribution in [2.24, 2.45) is 16.8 Å². The zero-order chi connectivity index (χ0) is 14.7. The molecular formula is C13H15BrClN3O2. The molecule has 1 amide bonds. The summed E-state index contributed by atoms with van der Waals surface area (Å²) in [6.07, 6.45) is 1.63. The number of carbonyl (C=O) groups excluding carboxylic acids is 1. The zero-order valence-corrected chi connectivity index (χ0v) is 13.1. The van der Waals surface area contributed by atoms with Gasteiger partial charge in [0, 0.05) is 23.5 Å². The van der Waals surface area contributed by atoms with E-state index in [-0.39, 0.29) is 17.7 Å². The Bertz CT molecular complexity index is 550. The lowest BCUT2D eigenvalue weighted by Crippen LogP contribution is -2.44. The second-order valence-corrected chi connectivity index (χ2v) is 6.06. The first-order valence-corrected chi connectivity index (χ1v) is 7.41. The second-order valence-electron chi connectivity index (χ2n) is 4.74. The number of carbonyl (C=O) groups is 1. The Labute approximate surface area is 130 Å². The average Bonchev–Trinajstić information content (AvgIpc) is 2.46. The number of amidine groups is 1. The predicted octanol–water partition coefficient (Wildman–Crippen LogP) is 2.70. The highest BCUT2D eigenvalue weighted by molar-refractivity contribution is 9.10. The largest absolute Gasteiger partial charge is 0.409 e. The highest BCUT2D eigenvalue weighted by Crippen LogP contribution is 2.25. The van der Waals surface area contributed by atoms with Gasteiger partial charge in [0.25, 0.3) is 5.91 Å². The van der Waals surface area contributed by atoms with Crippen molar-refractivity contribution in [2.45, 2.75) is 12.8 Å². The number of likely N-dealkylation sites (tertiary alicyclic amines) is 1. The Morgan fingerprint density at radius 1 is 1.55 bits per heavy atom. The number of nitrogens with two attached hydrogens (primary N) is 1. The number of amides is 1. The molecule has 1 saturated heterocycles. The number of oxime groups is 1. The van der Waals surface area contributed by atoms with Crippen LogP contribution in [0.5, 0.6) is 0 Å². The number of hydrogen-bond acceptors (Lipinski definition) is 3. The van der Waals surface area contributed by atoms with Gasteiger partial charge in [-0.05, 0) is 31.0 Å². The molecule has 0 aliphatic carbocycles. The van der Waals surface area contributed by atoms with Gasteiger partial charge >= 0.3 is 0 Å². The molecule has 0 bridgehead atoms. The molecule has 5 nitrogen and oxygen atoms in total. The molecule has 0 saturated carbocycles. The van der Waals surface area contributed by atoms with Gasteiger partial charge in [-0.15, -0.1) is 0 Å². The van der Waals surface area contributed by atoms with Crippen molar-refractivity contribution in [3.05, 3.63) is 33.3 Å². The minimum atomic E-state index is -0.127. The number of hydrogen-bond donors (Lipinski definition) is 2. The summed E-state index contributed by atoms with van der Waals surface area (Å²) in [6, 6.07) is 5.17. The molecule has 0 radical (unpaired) electrons. The molecule has 1 aromatic carbocycles. The third-order valence-electron chi connectivity index (χ3n) is 3.40. The molecule has 1 atom stereocenters. The van der Waals surface area contributed by atoms with E-state index < -0.39 is 0 Å². The third-order valence-corrected chi connectivity index (χ3v) is 4.21. The topological polar surface area (TPSA) is 78.9 Å². The van der Waals surface area contributed by atoms with Crippen LogP contribution >= 0.6 is 27.5 Å². The predicted molar refractivity (Wildman–Crippen MR) is 81.2 cm³/mol. The molecule has 1 fully saturated rings. The van der Waals surface area contributed by atoms with Crippen molar-refractivity contribution in [1.29, 1.82) is 0 Å². The molecule has 1 aliphatic rings. The minimum absolute atomic E-state index is 0.105. The van der Waals surface area contributed by atoms with Crippen LogP contribution in [0.3, 0.4) is 0 Å². The summed E-state index contributed by atoms with van der Waals surface area (Å²) < 4.78 is 0.826. The first-order chi connectivity index (χ1) is 9.52. The van der Waals surface area contributed by atoms with Gasteiger partial charge in [0.15, 0.2) is 0 Å². The van der Waals surface area contributed by atoms with E-state index in [1.807, 2.05) is 0 Å². The van der Waals surface area contributed by atoms with Crippen molar-refractivity contribution in [3.8, 4) is 0 Å². The molecule has 7 heteroatoms. The van der Waals surface area contributed by atoms with Gasteiger partial charge in [0.05, 0.1) is 10.6 Å². The summed E-state index contributed by atoms with van der Waals surface area (Å²) >= 11 is 9.41. The molecule has 20 heavy (non-hydrogen) atoms. The molecule has 1 heterocycles. The number of halogens is 2. The molecule has 3 N–H and O–H groups in total. The van der Waals surface area contributed by atoms with E-state index >= 15 is 0 Å². The maximum Gasteiger partial charge on any atom is 0.255 e. The van der Waals surface area contributed by atoms with Crippen molar-refractivity contribution in [3.63, 3.8) is 0 Å². The number of nitrogens with zero attached hydrogens (tertiary/aromatic N) is 2. The molecule has 1 aliphatic heterocycles. The van der Waals surface area contributed by atoms with Crippen LogP contribution in [-0.4, -0.2) is 34.9 Å². The SMILES string of the molecule is NC(=NO)C1CCCN(C(=O)c2ccc(Br)cc2Cl)C1. The summed E-state index contributed by atoms with van der Waals surface area (Å²) in [4.78, 5) is 14.2. The standard InChI is InChI=1S/C13H15BrClN3O2/c14-9-3-4-10(11(15)6-9)13(19)18-5-1-2-8(7-18)12(16)17-20/h3-4,6,8,20H,1-2,5,7H2,(H2,16,17). The molecule has 108 valence electrons. The smallest absolute Gasteiger partial charge is 0.255 e. The molecule has 0 spiro atoms. The van der Waals surface area contributed by atoms with Crippen LogP contribution in [0.4, 0.5) is 0 Å². The maximum atomic E-state index is 12.5. The Balaban J connectivity index is 2.16. The van der Waals surface area contributed by atoms with Crippen LogP contribution < -0.4 is 5.73 Å². The van der Waals surface area contributed by atoms with E-state index in [4.69, 9.17) is 22.5 Å². The van der Waals surface area contributed by atoms with E-state index in [9.17, 15) is 4.79 Å². The average molecular weight is 361 g/mol. The number of benzene rings is 1. The van der Waals surface area contributed by atoms with Crippen molar-refractivity contribution >= 4 is 39.3 Å². The lowest BCUT2D eigenvalue weighted by molar-refractivity contribution is 0.0701. The van der Waals surface area contributed by atoms with Crippen LogP contribution in [0.1, 0.15) is 23.2 Å². The van der Waals surface area contributed by atoms with E-state index in [0.717, 1.165) is 17.3 Å². The summed E-state index contributed by atoms with van der Waals surface area (Å²) in [5, 5.41) is 12.2. The lowest BCUT2D eigenvalue weighted by atomic mass is 9.96. The van der Waals surface area contributed by atoms with Gasteiger partial charge in [-0.25, -0.2) is 0 Å². The fourth-order valence-electron chi connectivity index (χ4n) is 2.32. The van der Waals surface area contributed by atoms with E-state index in [2.05, 4.69) is 21.1 Å². The Kier molecular flexibility index (Phi) is 4.88. The van der Waals surface area contributed by atoms with Gasteiger partial charge in [-0.3, -0.25) is 4.79 Å². The maximum absolute atomic E-state index is 12.5. The Morgan fingerprint density at radius 2 is 2.30 bits per heavy atom. The van der Waals surface area contributed by atoms with E-state index in [0.29, 0.717) is 23.7 Å². The highest BCUT2D eigenvalue weighted by Gasteiger charge is 2.27. The number of piperidine rings is 1. The summed E-state index contributed by atoms with van der Waals surface area (Å²) in [5.41, 5.74) is 6.10. The van der Waals surface area contributed by atoms with Crippen LogP contribution in [0, 0.1) is 5.92 Å². The zero-order valence-electron chi connectivity index (χ0n) is 10.7. The van der Waals surface area contributed by atoms with Crippen LogP contribution in [0.2, 0.25) is 5.02 Å². The van der Waals surface area contributed by atoms with Crippen molar-refractivity contribution < 1.29 is 10.0 Å². The van der Waals surface area contributed by atoms with Crippen molar-refractivity contribution in [1.82, 2.24) is 4.90 Å². The monoisotopic (exact) mass is 359 g/mol. The van der Waals surface area contributed by atoms with Gasteiger partial charge in [0.1, 0.15) is 5.84 Å². The molecule has 1 aromatic rings. The van der Waals surface area contributed by atoms with Crippen LogP contribution in [-0.2, 0) is 0 Å².